The summed E-state index contributed by atoms with van der Waals surface area (Å²) in [5.41, 5.74) is 0.618. The van der Waals surface area contributed by atoms with E-state index in [2.05, 4.69) is 0 Å². The van der Waals surface area contributed by atoms with Crippen LogP contribution in [0.2, 0.25) is 5.02 Å². The monoisotopic (exact) mass is 389 g/mol. The second-order valence-electron chi connectivity index (χ2n) is 6.69. The number of likely N-dealkylation sites (N-methyl/N-ethyl adjacent to an activating group) is 1. The summed E-state index contributed by atoms with van der Waals surface area (Å²) in [6, 6.07) is 8.37. The van der Waals surface area contributed by atoms with E-state index in [1.807, 2.05) is 31.6 Å². The van der Waals surface area contributed by atoms with Crippen LogP contribution in [0.15, 0.2) is 44.9 Å². The SMILES string of the molecule is C[NH+](C)CCN1C(=O)c2oc3ccc(Cl)cc3c(=O)c2[C@@H]1c1cccs1. The summed E-state index contributed by atoms with van der Waals surface area (Å²) in [5, 5.41) is 2.83. The van der Waals surface area contributed by atoms with Crippen molar-refractivity contribution >= 4 is 39.8 Å². The van der Waals surface area contributed by atoms with Gasteiger partial charge in [-0.15, -0.1) is 11.3 Å². The highest BCUT2D eigenvalue weighted by Gasteiger charge is 2.43. The largest absolute Gasteiger partial charge is 0.450 e. The second-order valence-corrected chi connectivity index (χ2v) is 8.10. The van der Waals surface area contributed by atoms with E-state index in [0.717, 1.165) is 11.4 Å². The number of rotatable bonds is 4. The quantitative estimate of drug-likeness (QED) is 0.744. The van der Waals surface area contributed by atoms with Crippen molar-refractivity contribution in [1.82, 2.24) is 4.90 Å². The highest BCUT2D eigenvalue weighted by molar-refractivity contribution is 7.10. The molecule has 4 rings (SSSR count). The van der Waals surface area contributed by atoms with Gasteiger partial charge in [0.15, 0.2) is 5.43 Å². The minimum atomic E-state index is -0.406. The zero-order valence-electron chi connectivity index (χ0n) is 14.4. The molecular formula is C19H18ClN2O3S+. The first-order valence-electron chi connectivity index (χ1n) is 8.37. The Balaban J connectivity index is 1.94. The summed E-state index contributed by atoms with van der Waals surface area (Å²) >= 11 is 7.59. The average Bonchev–Trinajstić information content (AvgIpc) is 3.21. The molecule has 0 aliphatic carbocycles. The predicted molar refractivity (Wildman–Crippen MR) is 102 cm³/mol. The molecule has 1 atom stereocenters. The van der Waals surface area contributed by atoms with Crippen LogP contribution in [0.4, 0.5) is 0 Å². The van der Waals surface area contributed by atoms with Gasteiger partial charge in [-0.25, -0.2) is 0 Å². The number of carbonyl (C=O) groups excluding carboxylic acids is 1. The Hall–Kier alpha value is -2.15. The van der Waals surface area contributed by atoms with Gasteiger partial charge in [0.25, 0.3) is 5.91 Å². The van der Waals surface area contributed by atoms with Crippen molar-refractivity contribution in [2.24, 2.45) is 0 Å². The molecule has 1 amide bonds. The van der Waals surface area contributed by atoms with Crippen LogP contribution in [-0.4, -0.2) is 38.0 Å². The maximum Gasteiger partial charge on any atom is 0.291 e. The third-order valence-corrected chi connectivity index (χ3v) is 5.75. The predicted octanol–water partition coefficient (Wildman–Crippen LogP) is 2.20. The Bertz CT molecular complexity index is 1040. The van der Waals surface area contributed by atoms with Crippen LogP contribution in [-0.2, 0) is 0 Å². The van der Waals surface area contributed by atoms with Crippen molar-refractivity contribution in [3.63, 3.8) is 0 Å². The summed E-state index contributed by atoms with van der Waals surface area (Å²) in [5.74, 6) is -0.0782. The number of benzene rings is 1. The number of nitrogens with one attached hydrogen (secondary N) is 1. The molecule has 1 aliphatic heterocycles. The van der Waals surface area contributed by atoms with Crippen molar-refractivity contribution in [2.75, 3.05) is 27.2 Å². The number of halogens is 1. The van der Waals surface area contributed by atoms with Gasteiger partial charge < -0.3 is 14.2 Å². The number of hydrogen-bond donors (Lipinski definition) is 1. The lowest BCUT2D eigenvalue weighted by Crippen LogP contribution is -3.06. The molecule has 0 saturated heterocycles. The van der Waals surface area contributed by atoms with Crippen LogP contribution >= 0.6 is 22.9 Å². The van der Waals surface area contributed by atoms with Crippen molar-refractivity contribution < 1.29 is 14.1 Å². The molecule has 3 aromatic rings. The second kappa shape index (κ2) is 6.54. The maximum absolute atomic E-state index is 13.2. The van der Waals surface area contributed by atoms with E-state index in [0.29, 0.717) is 28.1 Å². The van der Waals surface area contributed by atoms with E-state index < -0.39 is 6.04 Å². The minimum Gasteiger partial charge on any atom is -0.450 e. The van der Waals surface area contributed by atoms with Gasteiger partial charge in [-0.05, 0) is 29.6 Å². The Morgan fingerprint density at radius 1 is 1.27 bits per heavy atom. The third kappa shape index (κ3) is 2.74. The molecule has 1 aliphatic rings. The summed E-state index contributed by atoms with van der Waals surface area (Å²) in [6.45, 7) is 1.33. The van der Waals surface area contributed by atoms with Crippen molar-refractivity contribution in [3.05, 3.63) is 67.2 Å². The molecule has 26 heavy (non-hydrogen) atoms. The Kier molecular flexibility index (Phi) is 4.34. The molecular weight excluding hydrogens is 372 g/mol. The molecule has 3 heterocycles. The molecule has 5 nitrogen and oxygen atoms in total. The van der Waals surface area contributed by atoms with Gasteiger partial charge in [-0.3, -0.25) is 9.59 Å². The number of nitrogens with zero attached hydrogens (tertiary/aromatic N) is 1. The van der Waals surface area contributed by atoms with Gasteiger partial charge in [0.05, 0.1) is 44.2 Å². The first-order valence-corrected chi connectivity index (χ1v) is 9.63. The molecule has 0 radical (unpaired) electrons. The number of hydrogen-bond acceptors (Lipinski definition) is 4. The smallest absolute Gasteiger partial charge is 0.291 e. The highest BCUT2D eigenvalue weighted by atomic mass is 35.5. The topological polar surface area (TPSA) is 55.0 Å². The summed E-state index contributed by atoms with van der Waals surface area (Å²) in [7, 11) is 4.07. The first kappa shape index (κ1) is 17.3. The lowest BCUT2D eigenvalue weighted by Gasteiger charge is -2.24. The van der Waals surface area contributed by atoms with Gasteiger partial charge in [-0.1, -0.05) is 17.7 Å². The van der Waals surface area contributed by atoms with Crippen molar-refractivity contribution in [2.45, 2.75) is 6.04 Å². The summed E-state index contributed by atoms with van der Waals surface area (Å²) < 4.78 is 5.87. The van der Waals surface area contributed by atoms with Crippen LogP contribution < -0.4 is 10.3 Å². The number of thiophene rings is 1. The normalized spacial score (nSPS) is 16.7. The van der Waals surface area contributed by atoms with Gasteiger partial charge >= 0.3 is 0 Å². The minimum absolute atomic E-state index is 0.150. The fourth-order valence-electron chi connectivity index (χ4n) is 3.31. The zero-order valence-corrected chi connectivity index (χ0v) is 16.0. The summed E-state index contributed by atoms with van der Waals surface area (Å²) in [6.07, 6.45) is 0. The standard InChI is InChI=1S/C19H17ClN2O3S/c1-21(2)7-8-22-16(14-4-3-9-26-14)15-17(23)12-10-11(20)5-6-13(12)25-18(15)19(22)24/h3-6,9-10,16H,7-8H2,1-2H3/p+1/t16-/m0/s1. The van der Waals surface area contributed by atoms with E-state index in [4.69, 9.17) is 16.0 Å². The van der Waals surface area contributed by atoms with Crippen LogP contribution in [0.1, 0.15) is 27.0 Å². The van der Waals surface area contributed by atoms with E-state index >= 15 is 0 Å². The van der Waals surface area contributed by atoms with E-state index in [-0.39, 0.29) is 17.1 Å². The van der Waals surface area contributed by atoms with Crippen molar-refractivity contribution in [3.8, 4) is 0 Å². The first-order chi connectivity index (χ1) is 12.5. The summed E-state index contributed by atoms with van der Waals surface area (Å²) in [4.78, 5) is 30.2. The van der Waals surface area contributed by atoms with Crippen LogP contribution in [0, 0.1) is 0 Å². The van der Waals surface area contributed by atoms with Crippen LogP contribution in [0.3, 0.4) is 0 Å². The molecule has 2 aromatic heterocycles. The molecule has 134 valence electrons. The van der Waals surface area contributed by atoms with Gasteiger partial charge in [0.2, 0.25) is 5.76 Å². The molecule has 0 fully saturated rings. The molecule has 0 saturated carbocycles. The number of quaternary nitrogens is 1. The average molecular weight is 390 g/mol. The van der Waals surface area contributed by atoms with Crippen LogP contribution in [0.25, 0.3) is 11.0 Å². The molecule has 0 bridgehead atoms. The third-order valence-electron chi connectivity index (χ3n) is 4.59. The molecule has 0 unspecified atom stereocenters. The molecule has 7 heteroatoms. The zero-order chi connectivity index (χ0) is 18.4. The van der Waals surface area contributed by atoms with E-state index in [1.165, 1.54) is 16.2 Å². The van der Waals surface area contributed by atoms with Gasteiger partial charge in [0, 0.05) is 9.90 Å². The van der Waals surface area contributed by atoms with E-state index in [1.54, 1.807) is 23.1 Å². The highest BCUT2D eigenvalue weighted by Crippen LogP contribution is 2.39. The van der Waals surface area contributed by atoms with E-state index in [9.17, 15) is 9.59 Å². The number of carbonyl (C=O) groups is 1. The molecule has 1 aromatic carbocycles. The Labute approximate surface area is 159 Å². The van der Waals surface area contributed by atoms with Gasteiger partial charge in [-0.2, -0.15) is 0 Å². The number of amides is 1. The lowest BCUT2D eigenvalue weighted by atomic mass is 10.0. The van der Waals surface area contributed by atoms with Crippen LogP contribution in [0.5, 0.6) is 0 Å². The fourth-order valence-corrected chi connectivity index (χ4v) is 4.33. The van der Waals surface area contributed by atoms with Crippen molar-refractivity contribution in [1.29, 1.82) is 0 Å². The molecule has 1 N–H and O–H groups in total. The fraction of sp³-hybridized carbons (Fsp3) is 0.263. The number of fused-ring (bicyclic) bond motifs is 2. The lowest BCUT2D eigenvalue weighted by molar-refractivity contribution is -0.857. The Morgan fingerprint density at radius 2 is 2.08 bits per heavy atom. The molecule has 0 spiro atoms. The van der Waals surface area contributed by atoms with Gasteiger partial charge in [0.1, 0.15) is 5.58 Å². The Morgan fingerprint density at radius 3 is 2.77 bits per heavy atom. The maximum atomic E-state index is 13.2.